The molecule has 0 radical (unpaired) electrons. The van der Waals surface area contributed by atoms with Crippen LogP contribution in [0.4, 0.5) is 11.4 Å². The van der Waals surface area contributed by atoms with Crippen molar-refractivity contribution in [2.75, 3.05) is 9.80 Å². The number of hydrogen-bond donors (Lipinski definition) is 0. The fraction of sp³-hybridized carbons (Fsp3) is 0.0588. The molecule has 216 valence electrons. The molecule has 44 heavy (non-hydrogen) atoms. The largest absolute Gasteiger partial charge is 1.00 e. The first-order valence-corrected chi connectivity index (χ1v) is 13.5. The Hall–Kier alpha value is -4.30. The van der Waals surface area contributed by atoms with E-state index in [0.717, 1.165) is 21.8 Å². The number of pyridine rings is 2. The van der Waals surface area contributed by atoms with E-state index in [1.54, 1.807) is 36.4 Å². The predicted molar refractivity (Wildman–Crippen MR) is 156 cm³/mol. The maximum Gasteiger partial charge on any atom is 0.265 e. The standard InChI is InChI=1S/C34H22N4O4.2HI/c1-35-15-3-5-19-17-21(7-13-27(19)35)37-31(39)23-9-11-25-30-26(12-10-24(29(23)30)32(37)40)34(42)38(33(25)41)22-8-14-28-20(18-22)6-4-16-36(28)2;;/h3-18H,1-2H3;2*1H/q+2;;/p-2. The Morgan fingerprint density at radius 1 is 0.477 bits per heavy atom. The molecule has 0 bridgehead atoms. The highest BCUT2D eigenvalue weighted by atomic mass is 127. The van der Waals surface area contributed by atoms with E-state index in [4.69, 9.17) is 0 Å². The van der Waals surface area contributed by atoms with Crippen molar-refractivity contribution < 1.29 is 76.3 Å². The van der Waals surface area contributed by atoms with Crippen molar-refractivity contribution >= 4 is 67.6 Å². The van der Waals surface area contributed by atoms with Gasteiger partial charge in [0, 0.05) is 68.1 Å². The lowest BCUT2D eigenvalue weighted by Crippen LogP contribution is -3.00. The minimum absolute atomic E-state index is 0. The summed E-state index contributed by atoms with van der Waals surface area (Å²) in [6.45, 7) is 0. The van der Waals surface area contributed by atoms with Crippen molar-refractivity contribution in [3.05, 3.63) is 120 Å². The Kier molecular flexibility index (Phi) is 7.24. The summed E-state index contributed by atoms with van der Waals surface area (Å²) in [4.78, 5) is 57.8. The van der Waals surface area contributed by atoms with E-state index in [9.17, 15) is 19.2 Å². The summed E-state index contributed by atoms with van der Waals surface area (Å²) in [6.07, 6.45) is 3.86. The second-order valence-electron chi connectivity index (χ2n) is 10.7. The Balaban J connectivity index is 0.00000171. The van der Waals surface area contributed by atoms with Crippen LogP contribution in [0.5, 0.6) is 0 Å². The van der Waals surface area contributed by atoms with E-state index < -0.39 is 23.6 Å². The van der Waals surface area contributed by atoms with Crippen LogP contribution in [-0.4, -0.2) is 23.6 Å². The molecule has 2 aliphatic heterocycles. The van der Waals surface area contributed by atoms with Gasteiger partial charge in [0.25, 0.3) is 23.6 Å². The first-order chi connectivity index (χ1) is 20.3. The van der Waals surface area contributed by atoms with E-state index in [-0.39, 0.29) is 70.2 Å². The number of nitrogens with zero attached hydrogens (tertiary/aromatic N) is 4. The van der Waals surface area contributed by atoms with Crippen molar-refractivity contribution in [1.82, 2.24) is 0 Å². The molecule has 2 aromatic heterocycles. The number of imide groups is 2. The lowest BCUT2D eigenvalue weighted by atomic mass is 9.85. The van der Waals surface area contributed by atoms with Crippen LogP contribution in [0.2, 0.25) is 0 Å². The molecule has 0 atom stereocenters. The van der Waals surface area contributed by atoms with Gasteiger partial charge >= 0.3 is 0 Å². The van der Waals surface area contributed by atoms with Crippen molar-refractivity contribution in [1.29, 1.82) is 0 Å². The molecule has 4 heterocycles. The van der Waals surface area contributed by atoms with E-state index >= 15 is 0 Å². The molecule has 10 heteroatoms. The lowest BCUT2D eigenvalue weighted by Gasteiger charge is -2.32. The van der Waals surface area contributed by atoms with Crippen LogP contribution < -0.4 is 66.9 Å². The van der Waals surface area contributed by atoms with Gasteiger partial charge in [-0.15, -0.1) is 0 Å². The normalized spacial score (nSPS) is 13.9. The Bertz CT molecular complexity index is 2050. The fourth-order valence-electron chi connectivity index (χ4n) is 6.33. The van der Waals surface area contributed by atoms with Crippen LogP contribution in [0.3, 0.4) is 0 Å². The number of fused-ring (bicyclic) bond motifs is 2. The second kappa shape index (κ2) is 10.7. The Morgan fingerprint density at radius 3 is 1.16 bits per heavy atom. The number of aryl methyl sites for hydroxylation is 2. The summed E-state index contributed by atoms with van der Waals surface area (Å²) in [6, 6.07) is 24.9. The molecule has 4 amide bonds. The first kappa shape index (κ1) is 29.8. The van der Waals surface area contributed by atoms with Crippen LogP contribution >= 0.6 is 0 Å². The minimum atomic E-state index is -0.499. The molecule has 0 saturated heterocycles. The molecule has 0 spiro atoms. The number of rotatable bonds is 2. The number of benzene rings is 4. The van der Waals surface area contributed by atoms with Gasteiger partial charge in [0.1, 0.15) is 14.1 Å². The minimum Gasteiger partial charge on any atom is -1.00 e. The maximum atomic E-state index is 13.9. The van der Waals surface area contributed by atoms with Gasteiger partial charge in [-0.3, -0.25) is 19.2 Å². The average Bonchev–Trinajstić information content (AvgIpc) is 2.99. The fourth-order valence-corrected chi connectivity index (χ4v) is 6.33. The Labute approximate surface area is 285 Å². The average molecular weight is 804 g/mol. The second-order valence-corrected chi connectivity index (χ2v) is 10.7. The summed E-state index contributed by atoms with van der Waals surface area (Å²) in [5.74, 6) is -2.00. The number of anilines is 2. The van der Waals surface area contributed by atoms with E-state index in [1.807, 2.05) is 84.2 Å². The van der Waals surface area contributed by atoms with Crippen LogP contribution in [0.25, 0.3) is 32.6 Å². The number of aromatic nitrogens is 2. The molecule has 8 rings (SSSR count). The molecule has 0 unspecified atom stereocenters. The molecule has 0 aliphatic carbocycles. The summed E-state index contributed by atoms with van der Waals surface area (Å²) in [5, 5.41) is 2.45. The monoisotopic (exact) mass is 804 g/mol. The molecule has 4 aromatic carbocycles. The van der Waals surface area contributed by atoms with Gasteiger partial charge in [0.05, 0.1) is 11.4 Å². The zero-order valence-corrected chi connectivity index (χ0v) is 27.7. The maximum absolute atomic E-state index is 13.9. The summed E-state index contributed by atoms with van der Waals surface area (Å²) < 4.78 is 3.93. The molecule has 8 nitrogen and oxygen atoms in total. The van der Waals surface area contributed by atoms with Crippen LogP contribution in [-0.2, 0) is 14.1 Å². The van der Waals surface area contributed by atoms with E-state index in [0.29, 0.717) is 22.1 Å². The smallest absolute Gasteiger partial charge is 0.265 e. The topological polar surface area (TPSA) is 82.5 Å². The Morgan fingerprint density at radius 2 is 0.818 bits per heavy atom. The van der Waals surface area contributed by atoms with Gasteiger partial charge in [-0.1, -0.05) is 0 Å². The van der Waals surface area contributed by atoms with Crippen molar-refractivity contribution in [3.8, 4) is 0 Å². The van der Waals surface area contributed by atoms with Gasteiger partial charge in [-0.25, -0.2) is 18.9 Å². The summed E-state index contributed by atoms with van der Waals surface area (Å²) >= 11 is 0. The third-order valence-corrected chi connectivity index (χ3v) is 8.36. The zero-order chi connectivity index (χ0) is 28.9. The van der Waals surface area contributed by atoms with Gasteiger partial charge in [-0.05, 0) is 60.7 Å². The van der Waals surface area contributed by atoms with Crippen LogP contribution in [0, 0.1) is 0 Å². The lowest BCUT2D eigenvalue weighted by molar-refractivity contribution is -0.645. The van der Waals surface area contributed by atoms with Crippen LogP contribution in [0.15, 0.2) is 97.3 Å². The molecule has 0 N–H and O–H groups in total. The molecule has 0 fully saturated rings. The highest BCUT2D eigenvalue weighted by Crippen LogP contribution is 2.40. The van der Waals surface area contributed by atoms with Gasteiger partial charge < -0.3 is 48.0 Å². The van der Waals surface area contributed by atoms with Crippen LogP contribution in [0.1, 0.15) is 41.4 Å². The number of hydrogen-bond acceptors (Lipinski definition) is 4. The third kappa shape index (κ3) is 4.07. The van der Waals surface area contributed by atoms with Gasteiger partial charge in [0.15, 0.2) is 12.4 Å². The number of carbonyl (C=O) groups excluding carboxylic acids is 4. The molecular formula is C34H22I2N4O4. The van der Waals surface area contributed by atoms with Crippen molar-refractivity contribution in [2.45, 2.75) is 0 Å². The quantitative estimate of drug-likeness (QED) is 0.120. The number of amides is 4. The highest BCUT2D eigenvalue weighted by molar-refractivity contribution is 6.42. The SMILES string of the molecule is C[n+]1cccc2cc(N3C(=O)c4ccc5c6c(ccc(c46)C3=O)C(=O)N(c3ccc4c(ccc[n+]4C)c3)C5=O)ccc21.[I-].[I-]. The zero-order valence-electron chi connectivity index (χ0n) is 23.4. The summed E-state index contributed by atoms with van der Waals surface area (Å²) in [5.41, 5.74) is 3.91. The third-order valence-electron chi connectivity index (χ3n) is 8.36. The first-order valence-electron chi connectivity index (χ1n) is 13.5. The molecule has 6 aromatic rings. The number of halogens is 2. The van der Waals surface area contributed by atoms with Gasteiger partial charge in [0.2, 0.25) is 11.0 Å². The molecular weight excluding hydrogens is 782 g/mol. The number of carbonyl (C=O) groups is 4. The van der Waals surface area contributed by atoms with E-state index in [2.05, 4.69) is 0 Å². The van der Waals surface area contributed by atoms with Crippen molar-refractivity contribution in [3.63, 3.8) is 0 Å². The summed E-state index contributed by atoms with van der Waals surface area (Å²) in [7, 11) is 3.86. The van der Waals surface area contributed by atoms with Gasteiger partial charge in [-0.2, -0.15) is 0 Å². The van der Waals surface area contributed by atoms with Crippen molar-refractivity contribution in [2.24, 2.45) is 14.1 Å². The predicted octanol–water partition coefficient (Wildman–Crippen LogP) is -1.60. The highest BCUT2D eigenvalue weighted by Gasteiger charge is 2.40. The molecule has 2 aliphatic rings. The molecule has 0 saturated carbocycles. The van der Waals surface area contributed by atoms with E-state index in [1.165, 1.54) is 9.80 Å².